The number of ether oxygens (including phenoxy) is 1. The second-order valence-corrected chi connectivity index (χ2v) is 6.25. The lowest BCUT2D eigenvalue weighted by atomic mass is 10.0. The van der Waals surface area contributed by atoms with Gasteiger partial charge in [-0.1, -0.05) is 18.2 Å². The number of nitriles is 1. The van der Waals surface area contributed by atoms with E-state index in [1.165, 1.54) is 11.2 Å². The molecule has 1 aliphatic heterocycles. The number of amides is 1. The largest absolute Gasteiger partial charge is 0.365 e. The molecule has 2 N–H and O–H groups in total. The van der Waals surface area contributed by atoms with Crippen molar-refractivity contribution >= 4 is 11.7 Å². The van der Waals surface area contributed by atoms with E-state index >= 15 is 0 Å². The maximum Gasteiger partial charge on any atom is 0.256 e. The van der Waals surface area contributed by atoms with Crippen LogP contribution in [0.2, 0.25) is 0 Å². The summed E-state index contributed by atoms with van der Waals surface area (Å²) >= 11 is 0. The number of nitrogens with zero attached hydrogens (tertiary/aromatic N) is 5. The van der Waals surface area contributed by atoms with Gasteiger partial charge in [0.05, 0.1) is 31.6 Å². The van der Waals surface area contributed by atoms with Crippen LogP contribution in [0, 0.1) is 11.5 Å². The number of anilines is 1. The highest BCUT2D eigenvalue weighted by Crippen LogP contribution is 2.25. The van der Waals surface area contributed by atoms with Gasteiger partial charge in [0.2, 0.25) is 0 Å². The molecule has 9 nitrogen and oxygen atoms in total. The van der Waals surface area contributed by atoms with Crippen molar-refractivity contribution in [1.82, 2.24) is 25.1 Å². The number of carbonyl (C=O) groups is 1. The van der Waals surface area contributed by atoms with Crippen LogP contribution in [-0.2, 0) is 9.53 Å². The van der Waals surface area contributed by atoms with Crippen molar-refractivity contribution in [1.29, 1.82) is 5.26 Å². The molecule has 0 bridgehead atoms. The van der Waals surface area contributed by atoms with Crippen LogP contribution in [0.25, 0.3) is 22.4 Å². The highest BCUT2D eigenvalue weighted by Gasteiger charge is 2.26. The lowest BCUT2D eigenvalue weighted by Gasteiger charge is -2.28. The molecule has 0 aliphatic carbocycles. The van der Waals surface area contributed by atoms with Crippen LogP contribution in [-0.4, -0.2) is 56.8 Å². The maximum absolute atomic E-state index is 12.4. The molecule has 1 aliphatic rings. The van der Waals surface area contributed by atoms with Gasteiger partial charge >= 0.3 is 0 Å². The lowest BCUT2D eigenvalue weighted by Crippen LogP contribution is -2.46. The number of rotatable bonds is 4. The van der Waals surface area contributed by atoms with Gasteiger partial charge in [-0.3, -0.25) is 9.89 Å². The molecule has 1 atom stereocenters. The molecule has 1 unspecified atom stereocenters. The Balaban J connectivity index is 1.51. The number of aromatic nitrogens is 4. The molecule has 1 aromatic carbocycles. The molecule has 0 spiro atoms. The number of benzene rings is 1. The monoisotopic (exact) mass is 375 g/mol. The Bertz CT molecular complexity index is 1010. The van der Waals surface area contributed by atoms with Gasteiger partial charge in [-0.2, -0.15) is 10.4 Å². The van der Waals surface area contributed by atoms with Gasteiger partial charge in [-0.15, -0.1) is 0 Å². The number of H-pyrrole nitrogens is 1. The summed E-state index contributed by atoms with van der Waals surface area (Å²) < 4.78 is 5.46. The highest BCUT2D eigenvalue weighted by atomic mass is 16.5. The summed E-state index contributed by atoms with van der Waals surface area (Å²) in [5.41, 5.74) is 3.55. The van der Waals surface area contributed by atoms with Crippen molar-refractivity contribution < 1.29 is 9.53 Å². The number of morpholine rings is 1. The van der Waals surface area contributed by atoms with Crippen molar-refractivity contribution in [3.8, 4) is 28.6 Å². The van der Waals surface area contributed by atoms with Gasteiger partial charge in [0.25, 0.3) is 5.91 Å². The van der Waals surface area contributed by atoms with Crippen LogP contribution in [0.15, 0.2) is 49.1 Å². The number of hydrogen-bond donors (Lipinski definition) is 2. The lowest BCUT2D eigenvalue weighted by molar-refractivity contribution is -0.131. The quantitative estimate of drug-likeness (QED) is 0.665. The second-order valence-electron chi connectivity index (χ2n) is 6.25. The standard InChI is InChI=1S/C19H17N7O2/c20-11-26-4-5-28-17(10-26)19(27)25-18-7-16(21-12-22-18)14-3-1-2-13(6-14)15-8-23-24-9-15/h1-3,6-9,12,17H,4-5,10H2,(H,23,24)(H,21,22,25,27). The van der Waals surface area contributed by atoms with Crippen molar-refractivity contribution in [2.45, 2.75) is 6.10 Å². The van der Waals surface area contributed by atoms with Gasteiger partial charge in [-0.25, -0.2) is 9.97 Å². The van der Waals surface area contributed by atoms with E-state index in [0.717, 1.165) is 16.7 Å². The fourth-order valence-corrected chi connectivity index (χ4v) is 2.96. The van der Waals surface area contributed by atoms with E-state index in [-0.39, 0.29) is 12.5 Å². The summed E-state index contributed by atoms with van der Waals surface area (Å²) in [7, 11) is 0. The van der Waals surface area contributed by atoms with Crippen molar-refractivity contribution in [2.24, 2.45) is 0 Å². The van der Waals surface area contributed by atoms with E-state index in [1.807, 2.05) is 36.7 Å². The van der Waals surface area contributed by atoms with Crippen LogP contribution >= 0.6 is 0 Å². The summed E-state index contributed by atoms with van der Waals surface area (Å²) in [5, 5.41) is 18.5. The van der Waals surface area contributed by atoms with Gasteiger partial charge in [0, 0.05) is 23.4 Å². The first-order valence-electron chi connectivity index (χ1n) is 8.72. The van der Waals surface area contributed by atoms with E-state index in [0.29, 0.717) is 24.7 Å². The number of aromatic amines is 1. The maximum atomic E-state index is 12.4. The average Bonchev–Trinajstić information content (AvgIpc) is 3.29. The molecule has 3 aromatic rings. The first-order chi connectivity index (χ1) is 13.7. The number of hydrogen-bond acceptors (Lipinski definition) is 7. The molecule has 1 saturated heterocycles. The minimum atomic E-state index is -0.712. The molecule has 2 aromatic heterocycles. The summed E-state index contributed by atoms with van der Waals surface area (Å²) in [6, 6.07) is 9.56. The van der Waals surface area contributed by atoms with Gasteiger partial charge < -0.3 is 15.0 Å². The zero-order valence-electron chi connectivity index (χ0n) is 14.9. The molecule has 0 radical (unpaired) electrons. The molecule has 1 fully saturated rings. The molecule has 1 amide bonds. The van der Waals surface area contributed by atoms with Crippen LogP contribution in [0.5, 0.6) is 0 Å². The molecule has 4 rings (SSSR count). The zero-order chi connectivity index (χ0) is 19.3. The molecule has 3 heterocycles. The second kappa shape index (κ2) is 7.85. The van der Waals surface area contributed by atoms with Crippen molar-refractivity contribution in [3.05, 3.63) is 49.1 Å². The molecular weight excluding hydrogens is 358 g/mol. The number of carbonyl (C=O) groups excluding carboxylic acids is 1. The topological polar surface area (TPSA) is 120 Å². The predicted octanol–water partition coefficient (Wildman–Crippen LogP) is 1.65. The van der Waals surface area contributed by atoms with Crippen molar-refractivity contribution in [2.75, 3.05) is 25.0 Å². The smallest absolute Gasteiger partial charge is 0.256 e. The van der Waals surface area contributed by atoms with Crippen LogP contribution < -0.4 is 5.32 Å². The van der Waals surface area contributed by atoms with E-state index < -0.39 is 6.10 Å². The van der Waals surface area contributed by atoms with E-state index in [9.17, 15) is 4.79 Å². The predicted molar refractivity (Wildman–Crippen MR) is 101 cm³/mol. The number of nitrogens with one attached hydrogen (secondary N) is 2. The Morgan fingerprint density at radius 2 is 2.18 bits per heavy atom. The normalized spacial score (nSPS) is 16.4. The average molecular weight is 375 g/mol. The Morgan fingerprint density at radius 3 is 3.00 bits per heavy atom. The van der Waals surface area contributed by atoms with Crippen molar-refractivity contribution in [3.63, 3.8) is 0 Å². The minimum absolute atomic E-state index is 0.229. The first-order valence-corrected chi connectivity index (χ1v) is 8.72. The minimum Gasteiger partial charge on any atom is -0.365 e. The van der Waals surface area contributed by atoms with Crippen LogP contribution in [0.1, 0.15) is 0 Å². The third-order valence-corrected chi connectivity index (χ3v) is 4.41. The van der Waals surface area contributed by atoms with E-state index in [1.54, 1.807) is 12.3 Å². The Morgan fingerprint density at radius 1 is 1.29 bits per heavy atom. The molecule has 0 saturated carbocycles. The SMILES string of the molecule is N#CN1CCOC(C(=O)Nc2cc(-c3cccc(-c4cn[nH]c4)c3)ncn2)C1. The highest BCUT2D eigenvalue weighted by molar-refractivity contribution is 5.94. The third-order valence-electron chi connectivity index (χ3n) is 4.41. The summed E-state index contributed by atoms with van der Waals surface area (Å²) in [4.78, 5) is 22.4. The van der Waals surface area contributed by atoms with Crippen LogP contribution in [0.3, 0.4) is 0 Å². The molecule has 9 heteroatoms. The van der Waals surface area contributed by atoms with Gasteiger partial charge in [0.15, 0.2) is 12.3 Å². The Kier molecular flexibility index (Phi) is 4.95. The summed E-state index contributed by atoms with van der Waals surface area (Å²) in [6.45, 7) is 1.05. The molecule has 28 heavy (non-hydrogen) atoms. The summed E-state index contributed by atoms with van der Waals surface area (Å²) in [6.07, 6.45) is 6.30. The first kappa shape index (κ1) is 17.6. The fourth-order valence-electron chi connectivity index (χ4n) is 2.96. The van der Waals surface area contributed by atoms with Gasteiger partial charge in [0.1, 0.15) is 12.1 Å². The fraction of sp³-hybridized carbons (Fsp3) is 0.211. The third kappa shape index (κ3) is 3.82. The zero-order valence-corrected chi connectivity index (χ0v) is 14.9. The Labute approximate surface area is 161 Å². The Hall–Kier alpha value is -3.77. The van der Waals surface area contributed by atoms with Gasteiger partial charge in [-0.05, 0) is 11.6 Å². The molecule has 140 valence electrons. The van der Waals surface area contributed by atoms with Crippen LogP contribution in [0.4, 0.5) is 5.82 Å². The van der Waals surface area contributed by atoms with E-state index in [2.05, 4.69) is 25.5 Å². The molecular formula is C19H17N7O2. The summed E-state index contributed by atoms with van der Waals surface area (Å²) in [5.74, 6) is 0.0399. The van der Waals surface area contributed by atoms with E-state index in [4.69, 9.17) is 10.00 Å².